The van der Waals surface area contributed by atoms with E-state index in [1.165, 1.54) is 0 Å². The van der Waals surface area contributed by atoms with E-state index in [0.717, 1.165) is 0 Å². The van der Waals surface area contributed by atoms with Crippen LogP contribution in [-0.2, 0) is 23.1 Å². The van der Waals surface area contributed by atoms with Crippen LogP contribution in [0.15, 0.2) is 0 Å². The number of aliphatic carboxylic acids is 1. The second-order valence-corrected chi connectivity index (χ2v) is 5.88. The lowest BCUT2D eigenvalue weighted by Gasteiger charge is -2.19. The first-order valence-corrected chi connectivity index (χ1v) is 7.00. The van der Waals surface area contributed by atoms with Gasteiger partial charge >= 0.3 is 13.8 Å². The van der Waals surface area contributed by atoms with Crippen molar-refractivity contribution in [2.75, 3.05) is 6.61 Å². The number of carboxylic acids is 1. The smallest absolute Gasteiger partial charge is 0.472 e. The largest absolute Gasteiger partial charge is 0.479 e. The van der Waals surface area contributed by atoms with Crippen LogP contribution in [-0.4, -0.2) is 48.6 Å². The molecule has 1 aliphatic heterocycles. The summed E-state index contributed by atoms with van der Waals surface area (Å²) in [6.07, 6.45) is -2.43. The van der Waals surface area contributed by atoms with Crippen molar-refractivity contribution in [3.63, 3.8) is 0 Å². The van der Waals surface area contributed by atoms with Gasteiger partial charge in [0.15, 0.2) is 6.10 Å². The minimum absolute atomic E-state index is 0.0204. The van der Waals surface area contributed by atoms with Crippen molar-refractivity contribution >= 4 is 21.6 Å². The number of carboxylic acid groups (broad SMARTS) is 1. The molecule has 9 heteroatoms. The molecule has 0 aliphatic carbocycles. The molecule has 18 heavy (non-hydrogen) atoms. The summed E-state index contributed by atoms with van der Waals surface area (Å²) in [5.74, 6) is -1.25. The van der Waals surface area contributed by atoms with Crippen LogP contribution in [0, 0.1) is 5.92 Å². The molecule has 4 atom stereocenters. The molecule has 4 unspecified atom stereocenters. The lowest BCUT2D eigenvalue weighted by Crippen LogP contribution is -2.32. The van der Waals surface area contributed by atoms with Crippen LogP contribution in [0.4, 0.5) is 0 Å². The zero-order valence-electron chi connectivity index (χ0n) is 10.2. The van der Waals surface area contributed by atoms with E-state index in [1.807, 2.05) is 0 Å². The van der Waals surface area contributed by atoms with E-state index in [1.54, 1.807) is 13.8 Å². The molecular formula is C9H16BO7P. The number of ether oxygens (including phenoxy) is 1. The maximum absolute atomic E-state index is 11.6. The van der Waals surface area contributed by atoms with Crippen molar-refractivity contribution in [3.8, 4) is 0 Å². The summed E-state index contributed by atoms with van der Waals surface area (Å²) in [6.45, 7) is 3.63. The molecule has 1 heterocycles. The summed E-state index contributed by atoms with van der Waals surface area (Å²) < 4.78 is 26.0. The van der Waals surface area contributed by atoms with Crippen LogP contribution < -0.4 is 0 Å². The Morgan fingerprint density at radius 1 is 1.61 bits per heavy atom. The Morgan fingerprint density at radius 2 is 2.22 bits per heavy atom. The molecule has 1 rings (SSSR count). The standard InChI is InChI=1S/C9H16BO7P/c1-5(2)4-15-18(13,14)17-6-3-7(10)16-8(6)9(11)12/h5-8H,3-4H2,1-2H3,(H,11,12)(H,13,14). The van der Waals surface area contributed by atoms with Crippen LogP contribution in [0.1, 0.15) is 20.3 Å². The number of phosphoric acid groups is 1. The lowest BCUT2D eigenvalue weighted by atomic mass is 9.96. The van der Waals surface area contributed by atoms with Gasteiger partial charge in [-0.1, -0.05) is 13.8 Å². The van der Waals surface area contributed by atoms with Crippen molar-refractivity contribution in [1.82, 2.24) is 0 Å². The highest BCUT2D eigenvalue weighted by Gasteiger charge is 2.42. The molecule has 0 aromatic carbocycles. The van der Waals surface area contributed by atoms with Gasteiger partial charge in [0.25, 0.3) is 0 Å². The van der Waals surface area contributed by atoms with E-state index in [9.17, 15) is 14.3 Å². The molecule has 2 radical (unpaired) electrons. The first-order valence-electron chi connectivity index (χ1n) is 5.51. The third-order valence-electron chi connectivity index (χ3n) is 2.21. The lowest BCUT2D eigenvalue weighted by molar-refractivity contribution is -0.151. The minimum atomic E-state index is -4.30. The second kappa shape index (κ2) is 6.17. The monoisotopic (exact) mass is 278 g/mol. The zero-order valence-corrected chi connectivity index (χ0v) is 11.1. The topological polar surface area (TPSA) is 102 Å². The van der Waals surface area contributed by atoms with Gasteiger partial charge in [0, 0.05) is 6.00 Å². The molecular weight excluding hydrogens is 262 g/mol. The molecule has 1 aliphatic rings. The molecule has 0 aromatic heterocycles. The van der Waals surface area contributed by atoms with Crippen molar-refractivity contribution in [1.29, 1.82) is 0 Å². The Kier molecular flexibility index (Phi) is 5.37. The summed E-state index contributed by atoms with van der Waals surface area (Å²) in [4.78, 5) is 20.3. The minimum Gasteiger partial charge on any atom is -0.479 e. The van der Waals surface area contributed by atoms with Gasteiger partial charge in [-0.2, -0.15) is 0 Å². The molecule has 0 bridgehead atoms. The van der Waals surface area contributed by atoms with Crippen LogP contribution >= 0.6 is 7.82 Å². The third-order valence-corrected chi connectivity index (χ3v) is 3.22. The highest BCUT2D eigenvalue weighted by molar-refractivity contribution is 7.47. The Balaban J connectivity index is 2.59. The van der Waals surface area contributed by atoms with Gasteiger partial charge in [-0.25, -0.2) is 9.36 Å². The molecule has 102 valence electrons. The quantitative estimate of drug-likeness (QED) is 0.539. The average Bonchev–Trinajstić information content (AvgIpc) is 2.56. The SMILES string of the molecule is [B]C1CC(OP(=O)(O)OCC(C)C)C(C(=O)O)O1. The number of hydrogen-bond acceptors (Lipinski definition) is 5. The number of phosphoric ester groups is 1. The number of hydrogen-bond donors (Lipinski definition) is 2. The predicted molar refractivity (Wildman–Crippen MR) is 62.2 cm³/mol. The number of rotatable bonds is 6. The molecule has 0 saturated carbocycles. The highest BCUT2D eigenvalue weighted by Crippen LogP contribution is 2.47. The Hall–Kier alpha value is -0.395. The van der Waals surface area contributed by atoms with Gasteiger partial charge in [0.1, 0.15) is 14.0 Å². The maximum Gasteiger partial charge on any atom is 0.472 e. The fraction of sp³-hybridized carbons (Fsp3) is 0.889. The Bertz CT molecular complexity index is 348. The summed E-state index contributed by atoms with van der Waals surface area (Å²) in [7, 11) is 1.12. The highest BCUT2D eigenvalue weighted by atomic mass is 31.2. The van der Waals surface area contributed by atoms with Gasteiger partial charge in [0.05, 0.1) is 6.61 Å². The fourth-order valence-corrected chi connectivity index (χ4v) is 2.53. The second-order valence-electron chi connectivity index (χ2n) is 4.47. The van der Waals surface area contributed by atoms with Gasteiger partial charge in [-0.3, -0.25) is 9.05 Å². The zero-order chi connectivity index (χ0) is 13.9. The summed E-state index contributed by atoms with van der Waals surface area (Å²) in [5.41, 5.74) is 0. The van der Waals surface area contributed by atoms with Gasteiger partial charge in [0.2, 0.25) is 0 Å². The van der Waals surface area contributed by atoms with Crippen molar-refractivity contribution in [2.45, 2.75) is 38.5 Å². The average molecular weight is 278 g/mol. The van der Waals surface area contributed by atoms with E-state index in [4.69, 9.17) is 26.7 Å². The first kappa shape index (κ1) is 15.7. The van der Waals surface area contributed by atoms with Crippen molar-refractivity contribution < 1.29 is 33.1 Å². The molecule has 0 aromatic rings. The van der Waals surface area contributed by atoms with Crippen LogP contribution in [0.3, 0.4) is 0 Å². The van der Waals surface area contributed by atoms with E-state index in [2.05, 4.69) is 0 Å². The summed E-state index contributed by atoms with van der Waals surface area (Å²) >= 11 is 0. The Morgan fingerprint density at radius 3 is 2.72 bits per heavy atom. The number of carbonyl (C=O) groups is 1. The van der Waals surface area contributed by atoms with Crippen molar-refractivity contribution in [2.24, 2.45) is 5.92 Å². The van der Waals surface area contributed by atoms with Crippen LogP contribution in [0.2, 0.25) is 0 Å². The predicted octanol–water partition coefficient (Wildman–Crippen LogP) is 0.513. The molecule has 2 N–H and O–H groups in total. The van der Waals surface area contributed by atoms with Gasteiger partial charge in [-0.15, -0.1) is 0 Å². The van der Waals surface area contributed by atoms with Crippen molar-refractivity contribution in [3.05, 3.63) is 0 Å². The maximum atomic E-state index is 11.6. The first-order chi connectivity index (χ1) is 8.21. The van der Waals surface area contributed by atoms with Gasteiger partial charge < -0.3 is 14.7 Å². The van der Waals surface area contributed by atoms with Crippen LogP contribution in [0.25, 0.3) is 0 Å². The van der Waals surface area contributed by atoms with E-state index in [-0.39, 0.29) is 18.9 Å². The van der Waals surface area contributed by atoms with Gasteiger partial charge in [-0.05, 0) is 12.3 Å². The fourth-order valence-electron chi connectivity index (χ4n) is 1.44. The van der Waals surface area contributed by atoms with E-state index >= 15 is 0 Å². The van der Waals surface area contributed by atoms with E-state index < -0.39 is 32.0 Å². The summed E-state index contributed by atoms with van der Waals surface area (Å²) in [6, 6.07) is -0.832. The normalized spacial score (nSPS) is 31.4. The van der Waals surface area contributed by atoms with Crippen LogP contribution in [0.5, 0.6) is 0 Å². The summed E-state index contributed by atoms with van der Waals surface area (Å²) in [5, 5.41) is 8.84. The molecule has 0 amide bonds. The molecule has 1 fully saturated rings. The Labute approximate surface area is 106 Å². The van der Waals surface area contributed by atoms with E-state index in [0.29, 0.717) is 0 Å². The molecule has 1 saturated heterocycles. The molecule has 7 nitrogen and oxygen atoms in total. The third kappa shape index (κ3) is 4.70. The molecule has 0 spiro atoms.